The number of pyridine rings is 1. The van der Waals surface area contributed by atoms with E-state index in [1.54, 1.807) is 31.2 Å². The standard InChI is InChI=1S/C20H17FN2O3/c1-12-10-18(25)16-4-3-5-17(21)20(16)23(12)11-19(26)22-15-8-6-14(7-9-15)13(2)24/h3-10H,11H2,1-2H3,(H,22,26). The number of rotatable bonds is 4. The number of anilines is 1. The summed E-state index contributed by atoms with van der Waals surface area (Å²) < 4.78 is 15.8. The Labute approximate surface area is 149 Å². The van der Waals surface area contributed by atoms with E-state index in [1.807, 2.05) is 0 Å². The van der Waals surface area contributed by atoms with Crippen molar-refractivity contribution in [1.82, 2.24) is 4.57 Å². The highest BCUT2D eigenvalue weighted by atomic mass is 19.1. The number of aryl methyl sites for hydroxylation is 1. The molecule has 1 amide bonds. The number of nitrogens with zero attached hydrogens (tertiary/aromatic N) is 1. The first-order valence-electron chi connectivity index (χ1n) is 8.06. The average Bonchev–Trinajstić information content (AvgIpc) is 2.59. The van der Waals surface area contributed by atoms with Crippen LogP contribution >= 0.6 is 0 Å². The maximum Gasteiger partial charge on any atom is 0.244 e. The highest BCUT2D eigenvalue weighted by Gasteiger charge is 2.13. The van der Waals surface area contributed by atoms with Crippen LogP contribution in [-0.2, 0) is 11.3 Å². The minimum Gasteiger partial charge on any atom is -0.333 e. The Morgan fingerprint density at radius 3 is 2.46 bits per heavy atom. The molecular formula is C20H17FN2O3. The average molecular weight is 352 g/mol. The monoisotopic (exact) mass is 352 g/mol. The summed E-state index contributed by atoms with van der Waals surface area (Å²) in [6.45, 7) is 2.98. The van der Waals surface area contributed by atoms with Crippen LogP contribution < -0.4 is 10.7 Å². The van der Waals surface area contributed by atoms with Gasteiger partial charge in [0, 0.05) is 28.4 Å². The minimum atomic E-state index is -0.554. The third kappa shape index (κ3) is 3.39. The molecule has 132 valence electrons. The topological polar surface area (TPSA) is 68.2 Å². The Morgan fingerprint density at radius 1 is 1.12 bits per heavy atom. The van der Waals surface area contributed by atoms with Gasteiger partial charge in [-0.3, -0.25) is 14.4 Å². The number of ketones is 1. The summed E-state index contributed by atoms with van der Waals surface area (Å²) in [6, 6.07) is 12.2. The molecule has 0 atom stereocenters. The first kappa shape index (κ1) is 17.5. The molecule has 0 radical (unpaired) electrons. The summed E-state index contributed by atoms with van der Waals surface area (Å²) in [7, 11) is 0. The third-order valence-electron chi connectivity index (χ3n) is 4.16. The summed E-state index contributed by atoms with van der Waals surface area (Å²) in [5.74, 6) is -0.979. The van der Waals surface area contributed by atoms with Crippen molar-refractivity contribution in [2.75, 3.05) is 5.32 Å². The molecule has 6 heteroatoms. The molecule has 1 aromatic heterocycles. The van der Waals surface area contributed by atoms with Crippen molar-refractivity contribution in [2.24, 2.45) is 0 Å². The lowest BCUT2D eigenvalue weighted by Gasteiger charge is -2.15. The van der Waals surface area contributed by atoms with Crippen molar-refractivity contribution in [3.8, 4) is 0 Å². The summed E-state index contributed by atoms with van der Waals surface area (Å²) >= 11 is 0. The zero-order chi connectivity index (χ0) is 18.8. The van der Waals surface area contributed by atoms with Crippen molar-refractivity contribution in [2.45, 2.75) is 20.4 Å². The Bertz CT molecular complexity index is 1070. The fourth-order valence-corrected chi connectivity index (χ4v) is 2.85. The van der Waals surface area contributed by atoms with Crippen LogP contribution in [-0.4, -0.2) is 16.3 Å². The van der Waals surface area contributed by atoms with Crippen molar-refractivity contribution < 1.29 is 14.0 Å². The van der Waals surface area contributed by atoms with Gasteiger partial charge in [-0.2, -0.15) is 0 Å². The summed E-state index contributed by atoms with van der Waals surface area (Å²) in [4.78, 5) is 35.7. The van der Waals surface area contributed by atoms with Crippen LogP contribution in [0, 0.1) is 12.7 Å². The number of carbonyl (C=O) groups is 2. The lowest BCUT2D eigenvalue weighted by atomic mass is 10.1. The summed E-state index contributed by atoms with van der Waals surface area (Å²) in [6.07, 6.45) is 0. The smallest absolute Gasteiger partial charge is 0.244 e. The van der Waals surface area contributed by atoms with Gasteiger partial charge in [0.2, 0.25) is 5.91 Å². The molecule has 2 aromatic carbocycles. The molecule has 1 N–H and O–H groups in total. The van der Waals surface area contributed by atoms with Gasteiger partial charge in [0.15, 0.2) is 11.2 Å². The van der Waals surface area contributed by atoms with E-state index in [4.69, 9.17) is 0 Å². The molecule has 0 unspecified atom stereocenters. The molecule has 0 saturated heterocycles. The van der Waals surface area contributed by atoms with Crippen molar-refractivity contribution in [3.05, 3.63) is 75.8 Å². The first-order chi connectivity index (χ1) is 12.4. The maximum atomic E-state index is 14.3. The summed E-state index contributed by atoms with van der Waals surface area (Å²) in [5, 5.41) is 2.94. The fraction of sp³-hybridized carbons (Fsp3) is 0.150. The number of Topliss-reactive ketones (excluding diaryl/α,β-unsaturated/α-hetero) is 1. The maximum absolute atomic E-state index is 14.3. The molecule has 0 aliphatic carbocycles. The molecule has 0 aliphatic heterocycles. The van der Waals surface area contributed by atoms with Gasteiger partial charge in [-0.05, 0) is 50.2 Å². The predicted octanol–water partition coefficient (Wildman–Crippen LogP) is 3.29. The molecule has 0 fully saturated rings. The van der Waals surface area contributed by atoms with Gasteiger partial charge in [0.1, 0.15) is 12.4 Å². The highest BCUT2D eigenvalue weighted by molar-refractivity contribution is 5.96. The number of hydrogen-bond acceptors (Lipinski definition) is 3. The normalized spacial score (nSPS) is 10.7. The van der Waals surface area contributed by atoms with Crippen molar-refractivity contribution >= 4 is 28.3 Å². The van der Waals surface area contributed by atoms with Gasteiger partial charge in [-0.1, -0.05) is 6.07 Å². The number of nitrogens with one attached hydrogen (secondary N) is 1. The van der Waals surface area contributed by atoms with E-state index in [1.165, 1.54) is 35.8 Å². The molecule has 3 aromatic rings. The quantitative estimate of drug-likeness (QED) is 0.733. The fourth-order valence-electron chi connectivity index (χ4n) is 2.85. The Hall–Kier alpha value is -3.28. The summed E-state index contributed by atoms with van der Waals surface area (Å²) in [5.41, 5.74) is 1.40. The van der Waals surface area contributed by atoms with Crippen molar-refractivity contribution in [3.63, 3.8) is 0 Å². The second kappa shape index (κ2) is 6.92. The van der Waals surface area contributed by atoms with E-state index in [9.17, 15) is 18.8 Å². The molecule has 0 bridgehead atoms. The number of benzene rings is 2. The number of carbonyl (C=O) groups excluding carboxylic acids is 2. The first-order valence-corrected chi connectivity index (χ1v) is 8.06. The lowest BCUT2D eigenvalue weighted by molar-refractivity contribution is -0.116. The number of amides is 1. The number of halogens is 1. The van der Waals surface area contributed by atoms with Gasteiger partial charge >= 0.3 is 0 Å². The van der Waals surface area contributed by atoms with Crippen LogP contribution in [0.2, 0.25) is 0 Å². The molecule has 1 heterocycles. The van der Waals surface area contributed by atoms with Gasteiger partial charge in [-0.15, -0.1) is 0 Å². The SMILES string of the molecule is CC(=O)c1ccc(NC(=O)Cn2c(C)cc(=O)c3cccc(F)c32)cc1. The van der Waals surface area contributed by atoms with Crippen LogP contribution in [0.3, 0.4) is 0 Å². The van der Waals surface area contributed by atoms with Crippen LogP contribution in [0.1, 0.15) is 23.0 Å². The minimum absolute atomic E-state index is 0.0614. The van der Waals surface area contributed by atoms with E-state index in [0.29, 0.717) is 16.9 Å². The van der Waals surface area contributed by atoms with Gasteiger partial charge in [-0.25, -0.2) is 4.39 Å². The molecule has 0 saturated carbocycles. The Morgan fingerprint density at radius 2 is 1.81 bits per heavy atom. The van der Waals surface area contributed by atoms with Crippen LogP contribution in [0.5, 0.6) is 0 Å². The van der Waals surface area contributed by atoms with Crippen LogP contribution in [0.4, 0.5) is 10.1 Å². The Kier molecular flexibility index (Phi) is 4.67. The predicted molar refractivity (Wildman–Crippen MR) is 98.0 cm³/mol. The van der Waals surface area contributed by atoms with Crippen molar-refractivity contribution in [1.29, 1.82) is 0 Å². The van der Waals surface area contributed by atoms with Crippen LogP contribution in [0.15, 0.2) is 53.3 Å². The number of fused-ring (bicyclic) bond motifs is 1. The Balaban J connectivity index is 1.90. The lowest BCUT2D eigenvalue weighted by Crippen LogP contribution is -2.22. The zero-order valence-corrected chi connectivity index (χ0v) is 14.4. The second-order valence-corrected chi connectivity index (χ2v) is 6.05. The molecule has 0 aliphatic rings. The highest BCUT2D eigenvalue weighted by Crippen LogP contribution is 2.17. The van der Waals surface area contributed by atoms with E-state index >= 15 is 0 Å². The van der Waals surface area contributed by atoms with Crippen LogP contribution in [0.25, 0.3) is 10.9 Å². The largest absolute Gasteiger partial charge is 0.333 e. The molecule has 5 nitrogen and oxygen atoms in total. The number of aromatic nitrogens is 1. The number of para-hydroxylation sites is 1. The zero-order valence-electron chi connectivity index (χ0n) is 14.4. The van der Waals surface area contributed by atoms with E-state index in [0.717, 1.165) is 0 Å². The number of hydrogen-bond donors (Lipinski definition) is 1. The molecule has 26 heavy (non-hydrogen) atoms. The molecule has 0 spiro atoms. The van der Waals surface area contributed by atoms with Gasteiger partial charge in [0.25, 0.3) is 0 Å². The molecular weight excluding hydrogens is 335 g/mol. The van der Waals surface area contributed by atoms with E-state index in [-0.39, 0.29) is 34.6 Å². The third-order valence-corrected chi connectivity index (χ3v) is 4.16. The van der Waals surface area contributed by atoms with Gasteiger partial charge in [0.05, 0.1) is 5.52 Å². The second-order valence-electron chi connectivity index (χ2n) is 6.05. The van der Waals surface area contributed by atoms with Gasteiger partial charge < -0.3 is 9.88 Å². The van der Waals surface area contributed by atoms with E-state index < -0.39 is 5.82 Å². The van der Waals surface area contributed by atoms with E-state index in [2.05, 4.69) is 5.32 Å². The molecule has 3 rings (SSSR count).